The number of halogens is 1. The van der Waals surface area contributed by atoms with E-state index in [1.165, 1.54) is 18.2 Å². The zero-order valence-electron chi connectivity index (χ0n) is 22.7. The zero-order valence-corrected chi connectivity index (χ0v) is 22.7. The second-order valence-corrected chi connectivity index (χ2v) is 10.0. The van der Waals surface area contributed by atoms with E-state index in [1.807, 2.05) is 79.3 Å². The van der Waals surface area contributed by atoms with Crippen molar-refractivity contribution in [3.05, 3.63) is 95.3 Å². The van der Waals surface area contributed by atoms with Crippen LogP contribution in [-0.4, -0.2) is 36.9 Å². The van der Waals surface area contributed by atoms with Gasteiger partial charge in [-0.15, -0.1) is 0 Å². The molecule has 0 aliphatic rings. The number of nitrogens with zero attached hydrogens (tertiary/aromatic N) is 2. The number of hydrogen-bond acceptors (Lipinski definition) is 3. The number of anilines is 2. The lowest BCUT2D eigenvalue weighted by Gasteiger charge is -2.36. The van der Waals surface area contributed by atoms with Crippen LogP contribution < -0.4 is 10.2 Å². The normalized spacial score (nSPS) is 12.6. The summed E-state index contributed by atoms with van der Waals surface area (Å²) < 4.78 is 13.6. The van der Waals surface area contributed by atoms with Gasteiger partial charge in [0.2, 0.25) is 5.91 Å². The second-order valence-electron chi connectivity index (χ2n) is 10.0. The average Bonchev–Trinajstić information content (AvgIpc) is 2.87. The highest BCUT2D eigenvalue weighted by Gasteiger charge is 2.30. The van der Waals surface area contributed by atoms with Gasteiger partial charge in [0.1, 0.15) is 5.82 Å². The van der Waals surface area contributed by atoms with Gasteiger partial charge in [-0.25, -0.2) is 4.39 Å². The SMILES string of the molecule is CC[C@H](C(=O)N(Cc1cc(NC(=O)c2cccc(F)c2)ccc1N(C)C)[C@H](C)C(C)C)c1ccccc1. The van der Waals surface area contributed by atoms with Crippen LogP contribution in [0.25, 0.3) is 0 Å². The predicted molar refractivity (Wildman–Crippen MR) is 149 cm³/mol. The van der Waals surface area contributed by atoms with Crippen molar-refractivity contribution in [2.45, 2.75) is 52.6 Å². The lowest BCUT2D eigenvalue weighted by Crippen LogP contribution is -2.43. The molecule has 5 nitrogen and oxygen atoms in total. The van der Waals surface area contributed by atoms with E-state index in [2.05, 4.69) is 26.1 Å². The molecule has 2 amide bonds. The number of benzene rings is 3. The maximum atomic E-state index is 14.0. The van der Waals surface area contributed by atoms with Crippen LogP contribution in [-0.2, 0) is 11.3 Å². The largest absolute Gasteiger partial charge is 0.377 e. The highest BCUT2D eigenvalue weighted by Crippen LogP contribution is 2.30. The molecule has 0 radical (unpaired) electrons. The molecule has 3 aromatic carbocycles. The summed E-state index contributed by atoms with van der Waals surface area (Å²) in [6.45, 7) is 8.78. The van der Waals surface area contributed by atoms with Gasteiger partial charge in [-0.2, -0.15) is 0 Å². The standard InChI is InChI=1S/C31H38FN3O2/c1-7-28(23-12-9-8-10-13-23)31(37)35(22(4)21(2)3)20-25-19-27(16-17-29(25)34(5)6)33-30(36)24-14-11-15-26(32)18-24/h8-19,21-22,28H,7,20H2,1-6H3,(H,33,36)/t22-,28+/m1/s1. The van der Waals surface area contributed by atoms with Gasteiger partial charge in [-0.05, 0) is 66.8 Å². The lowest BCUT2D eigenvalue weighted by molar-refractivity contribution is -0.136. The molecule has 0 aliphatic carbocycles. The lowest BCUT2D eigenvalue weighted by atomic mass is 9.92. The number of hydrogen-bond donors (Lipinski definition) is 1. The van der Waals surface area contributed by atoms with E-state index in [0.29, 0.717) is 18.7 Å². The maximum Gasteiger partial charge on any atom is 0.255 e. The van der Waals surface area contributed by atoms with Crippen molar-refractivity contribution in [1.82, 2.24) is 4.90 Å². The van der Waals surface area contributed by atoms with Crippen molar-refractivity contribution < 1.29 is 14.0 Å². The summed E-state index contributed by atoms with van der Waals surface area (Å²) in [6.07, 6.45) is 0.703. The molecule has 0 spiro atoms. The molecule has 0 aromatic heterocycles. The highest BCUT2D eigenvalue weighted by atomic mass is 19.1. The molecule has 6 heteroatoms. The fourth-order valence-electron chi connectivity index (χ4n) is 4.46. The smallest absolute Gasteiger partial charge is 0.255 e. The zero-order chi connectivity index (χ0) is 27.1. The quantitative estimate of drug-likeness (QED) is 0.334. The molecule has 0 aliphatic heterocycles. The fourth-order valence-corrected chi connectivity index (χ4v) is 4.46. The molecular weight excluding hydrogens is 465 g/mol. The fraction of sp³-hybridized carbons (Fsp3) is 0.355. The van der Waals surface area contributed by atoms with Gasteiger partial charge in [0.05, 0.1) is 5.92 Å². The Morgan fingerprint density at radius 2 is 1.62 bits per heavy atom. The van der Waals surface area contributed by atoms with Crippen molar-refractivity contribution in [2.24, 2.45) is 5.92 Å². The van der Waals surface area contributed by atoms with Gasteiger partial charge in [-0.1, -0.05) is 57.2 Å². The Kier molecular flexibility index (Phi) is 9.45. The molecule has 196 valence electrons. The number of amides is 2. The van der Waals surface area contributed by atoms with Gasteiger partial charge in [0.25, 0.3) is 5.91 Å². The third-order valence-corrected chi connectivity index (χ3v) is 6.89. The van der Waals surface area contributed by atoms with Crippen LogP contribution >= 0.6 is 0 Å². The van der Waals surface area contributed by atoms with Crippen LogP contribution in [0.4, 0.5) is 15.8 Å². The first-order valence-electron chi connectivity index (χ1n) is 12.8. The van der Waals surface area contributed by atoms with Crippen molar-refractivity contribution >= 4 is 23.2 Å². The van der Waals surface area contributed by atoms with Gasteiger partial charge < -0.3 is 15.1 Å². The predicted octanol–water partition coefficient (Wildman–Crippen LogP) is 6.71. The third kappa shape index (κ3) is 6.97. The Hall–Kier alpha value is -3.67. The van der Waals surface area contributed by atoms with Crippen LogP contribution in [0.2, 0.25) is 0 Å². The summed E-state index contributed by atoms with van der Waals surface area (Å²) in [4.78, 5) is 30.7. The molecule has 0 bridgehead atoms. The summed E-state index contributed by atoms with van der Waals surface area (Å²) in [5.41, 5.74) is 3.74. The number of rotatable bonds is 10. The Morgan fingerprint density at radius 1 is 0.919 bits per heavy atom. The number of carbonyl (C=O) groups is 2. The summed E-state index contributed by atoms with van der Waals surface area (Å²) in [6, 6.07) is 21.2. The first-order chi connectivity index (χ1) is 17.6. The van der Waals surface area contributed by atoms with Crippen molar-refractivity contribution in [2.75, 3.05) is 24.3 Å². The van der Waals surface area contributed by atoms with E-state index in [9.17, 15) is 14.0 Å². The van der Waals surface area contributed by atoms with Gasteiger partial charge >= 0.3 is 0 Å². The summed E-state index contributed by atoms with van der Waals surface area (Å²) >= 11 is 0. The molecule has 1 N–H and O–H groups in total. The molecule has 0 unspecified atom stereocenters. The van der Waals surface area contributed by atoms with Crippen molar-refractivity contribution in [1.29, 1.82) is 0 Å². The Bertz CT molecular complexity index is 1210. The molecular formula is C31H38FN3O2. The van der Waals surface area contributed by atoms with E-state index in [-0.39, 0.29) is 35.3 Å². The first-order valence-corrected chi connectivity index (χ1v) is 12.8. The van der Waals surface area contributed by atoms with Gasteiger partial charge in [-0.3, -0.25) is 9.59 Å². The van der Waals surface area contributed by atoms with Crippen molar-refractivity contribution in [3.8, 4) is 0 Å². The van der Waals surface area contributed by atoms with Crippen LogP contribution in [0.15, 0.2) is 72.8 Å². The Balaban J connectivity index is 1.96. The van der Waals surface area contributed by atoms with E-state index in [0.717, 1.165) is 16.8 Å². The third-order valence-electron chi connectivity index (χ3n) is 6.89. The molecule has 2 atom stereocenters. The number of carbonyl (C=O) groups excluding carboxylic acids is 2. The summed E-state index contributed by atoms with van der Waals surface area (Å²) in [7, 11) is 3.92. The molecule has 0 saturated heterocycles. The maximum absolute atomic E-state index is 14.0. The number of nitrogens with one attached hydrogen (secondary N) is 1. The molecule has 0 saturated carbocycles. The van der Waals surface area contributed by atoms with Crippen LogP contribution in [0.1, 0.15) is 61.5 Å². The molecule has 0 heterocycles. The minimum atomic E-state index is -0.461. The van der Waals surface area contributed by atoms with Crippen LogP contribution in [0.3, 0.4) is 0 Å². The minimum absolute atomic E-state index is 0.00538. The monoisotopic (exact) mass is 503 g/mol. The topological polar surface area (TPSA) is 52.7 Å². The van der Waals surface area contributed by atoms with E-state index in [4.69, 9.17) is 0 Å². The Morgan fingerprint density at radius 3 is 2.22 bits per heavy atom. The van der Waals surface area contributed by atoms with Crippen LogP contribution in [0, 0.1) is 11.7 Å². The summed E-state index contributed by atoms with van der Waals surface area (Å²) in [5.74, 6) is -0.732. The van der Waals surface area contributed by atoms with Crippen molar-refractivity contribution in [3.63, 3.8) is 0 Å². The van der Waals surface area contributed by atoms with Gasteiger partial charge in [0.15, 0.2) is 0 Å². The highest BCUT2D eigenvalue weighted by molar-refractivity contribution is 6.04. The van der Waals surface area contributed by atoms with Crippen LogP contribution in [0.5, 0.6) is 0 Å². The molecule has 37 heavy (non-hydrogen) atoms. The summed E-state index contributed by atoms with van der Waals surface area (Å²) in [5, 5.41) is 2.88. The second kappa shape index (κ2) is 12.5. The Labute approximate surface area is 220 Å². The molecule has 3 rings (SSSR count). The van der Waals surface area contributed by atoms with E-state index < -0.39 is 5.82 Å². The van der Waals surface area contributed by atoms with E-state index >= 15 is 0 Å². The molecule has 3 aromatic rings. The first kappa shape index (κ1) is 27.9. The minimum Gasteiger partial charge on any atom is -0.377 e. The van der Waals surface area contributed by atoms with E-state index in [1.54, 1.807) is 6.07 Å². The average molecular weight is 504 g/mol. The molecule has 0 fully saturated rings. The van der Waals surface area contributed by atoms with Gasteiger partial charge in [0, 0.05) is 43.6 Å².